The molecule has 5 nitrogen and oxygen atoms in total. The molecule has 2 aromatic heterocycles. The van der Waals surface area contributed by atoms with Crippen LogP contribution in [0, 0.1) is 0 Å². The van der Waals surface area contributed by atoms with Crippen LogP contribution in [0.1, 0.15) is 5.76 Å². The van der Waals surface area contributed by atoms with Gasteiger partial charge in [0.2, 0.25) is 0 Å². The van der Waals surface area contributed by atoms with Crippen LogP contribution in [-0.4, -0.2) is 17.2 Å². The van der Waals surface area contributed by atoms with Crippen molar-refractivity contribution in [2.24, 2.45) is 0 Å². The number of pyridine rings is 1. The van der Waals surface area contributed by atoms with Crippen LogP contribution in [0.15, 0.2) is 35.1 Å². The molecule has 2 rings (SSSR count). The fraction of sp³-hybridized carbons (Fsp3) is 0.200. The lowest BCUT2D eigenvalue weighted by atomic mass is 10.3. The molecule has 0 fully saturated rings. The maximum atomic E-state index is 4.97. The van der Waals surface area contributed by atoms with Crippen molar-refractivity contribution < 1.29 is 4.52 Å². The Morgan fingerprint density at radius 2 is 2.27 bits per heavy atom. The molecular weight excluding hydrogens is 192 g/mol. The summed E-state index contributed by atoms with van der Waals surface area (Å²) in [6.45, 7) is 0.618. The molecule has 0 saturated heterocycles. The number of nitrogens with zero attached hydrogens (tertiary/aromatic N) is 2. The zero-order chi connectivity index (χ0) is 10.5. The Morgan fingerprint density at radius 1 is 1.33 bits per heavy atom. The van der Waals surface area contributed by atoms with Crippen LogP contribution >= 0.6 is 0 Å². The van der Waals surface area contributed by atoms with Crippen LogP contribution in [0.5, 0.6) is 0 Å². The highest BCUT2D eigenvalue weighted by Crippen LogP contribution is 2.12. The molecule has 0 aromatic carbocycles. The summed E-state index contributed by atoms with van der Waals surface area (Å²) in [4.78, 5) is 4.12. The summed E-state index contributed by atoms with van der Waals surface area (Å²) in [7, 11) is 1.84. The van der Waals surface area contributed by atoms with E-state index in [0.29, 0.717) is 6.54 Å². The van der Waals surface area contributed by atoms with Gasteiger partial charge in [-0.2, -0.15) is 0 Å². The molecule has 2 heterocycles. The van der Waals surface area contributed by atoms with Crippen LogP contribution in [0.3, 0.4) is 0 Å². The molecule has 78 valence electrons. The number of aromatic nitrogens is 2. The summed E-state index contributed by atoms with van der Waals surface area (Å²) in [5.74, 6) is 1.63. The van der Waals surface area contributed by atoms with E-state index in [1.807, 2.05) is 25.2 Å². The highest BCUT2D eigenvalue weighted by Gasteiger charge is 1.98. The number of hydrogen-bond donors (Lipinski definition) is 2. The number of hydrogen-bond acceptors (Lipinski definition) is 5. The first-order valence-electron chi connectivity index (χ1n) is 4.66. The SMILES string of the molecule is CNc1cc(NCc2ccno2)ccn1. The highest BCUT2D eigenvalue weighted by atomic mass is 16.5. The molecule has 0 spiro atoms. The molecule has 0 aliphatic rings. The van der Waals surface area contributed by atoms with Crippen molar-refractivity contribution in [3.05, 3.63) is 36.4 Å². The summed E-state index contributed by atoms with van der Waals surface area (Å²) in [6, 6.07) is 5.65. The van der Waals surface area contributed by atoms with E-state index < -0.39 is 0 Å². The van der Waals surface area contributed by atoms with Gasteiger partial charge in [-0.15, -0.1) is 0 Å². The Kier molecular flexibility index (Phi) is 2.82. The lowest BCUT2D eigenvalue weighted by Crippen LogP contribution is -1.99. The van der Waals surface area contributed by atoms with Gasteiger partial charge in [0.25, 0.3) is 0 Å². The van der Waals surface area contributed by atoms with Crippen molar-refractivity contribution in [2.75, 3.05) is 17.7 Å². The molecule has 2 aromatic rings. The lowest BCUT2D eigenvalue weighted by Gasteiger charge is -2.05. The first kappa shape index (κ1) is 9.51. The molecule has 2 N–H and O–H groups in total. The Bertz CT molecular complexity index is 413. The molecule has 0 aliphatic carbocycles. The van der Waals surface area contributed by atoms with Gasteiger partial charge in [0, 0.05) is 31.1 Å². The summed E-state index contributed by atoms with van der Waals surface area (Å²) in [5, 5.41) is 9.81. The summed E-state index contributed by atoms with van der Waals surface area (Å²) in [5.41, 5.74) is 0.991. The van der Waals surface area contributed by atoms with Gasteiger partial charge in [0.15, 0.2) is 5.76 Å². The van der Waals surface area contributed by atoms with Gasteiger partial charge in [-0.05, 0) is 6.07 Å². The Labute approximate surface area is 87.5 Å². The minimum atomic E-state index is 0.618. The Hall–Kier alpha value is -2.04. The van der Waals surface area contributed by atoms with Crippen molar-refractivity contribution in [1.82, 2.24) is 10.1 Å². The third kappa shape index (κ3) is 2.46. The fourth-order valence-corrected chi connectivity index (χ4v) is 1.20. The van der Waals surface area contributed by atoms with E-state index in [1.165, 1.54) is 0 Å². The van der Waals surface area contributed by atoms with Gasteiger partial charge in [-0.3, -0.25) is 0 Å². The predicted molar refractivity (Wildman–Crippen MR) is 57.6 cm³/mol. The quantitative estimate of drug-likeness (QED) is 0.794. The molecule has 0 unspecified atom stereocenters. The van der Waals surface area contributed by atoms with E-state index in [1.54, 1.807) is 12.4 Å². The number of rotatable bonds is 4. The third-order valence-electron chi connectivity index (χ3n) is 1.97. The topological polar surface area (TPSA) is 63.0 Å². The van der Waals surface area contributed by atoms with E-state index in [4.69, 9.17) is 4.52 Å². The average Bonchev–Trinajstić information content (AvgIpc) is 2.79. The predicted octanol–water partition coefficient (Wildman–Crippen LogP) is 1.72. The fourth-order valence-electron chi connectivity index (χ4n) is 1.20. The summed E-state index contributed by atoms with van der Waals surface area (Å²) < 4.78 is 4.97. The van der Waals surface area contributed by atoms with Crippen LogP contribution in [-0.2, 0) is 6.54 Å². The van der Waals surface area contributed by atoms with Crippen LogP contribution in [0.4, 0.5) is 11.5 Å². The Balaban J connectivity index is 1.98. The monoisotopic (exact) mass is 204 g/mol. The average molecular weight is 204 g/mol. The highest BCUT2D eigenvalue weighted by molar-refractivity contribution is 5.51. The zero-order valence-corrected chi connectivity index (χ0v) is 8.40. The van der Waals surface area contributed by atoms with Crippen LogP contribution < -0.4 is 10.6 Å². The van der Waals surface area contributed by atoms with Gasteiger partial charge < -0.3 is 15.2 Å². The maximum Gasteiger partial charge on any atom is 0.155 e. The van der Waals surface area contributed by atoms with E-state index in [-0.39, 0.29) is 0 Å². The van der Waals surface area contributed by atoms with Crippen LogP contribution in [0.25, 0.3) is 0 Å². The van der Waals surface area contributed by atoms with E-state index in [9.17, 15) is 0 Å². The number of anilines is 2. The van der Waals surface area contributed by atoms with Crippen molar-refractivity contribution in [3.63, 3.8) is 0 Å². The maximum absolute atomic E-state index is 4.97. The van der Waals surface area contributed by atoms with Gasteiger partial charge in [0.1, 0.15) is 5.82 Å². The van der Waals surface area contributed by atoms with E-state index in [0.717, 1.165) is 17.3 Å². The Morgan fingerprint density at radius 3 is 3.00 bits per heavy atom. The minimum Gasteiger partial charge on any atom is -0.378 e. The summed E-state index contributed by atoms with van der Waals surface area (Å²) >= 11 is 0. The second-order valence-corrected chi connectivity index (χ2v) is 3.01. The molecular formula is C10H12N4O. The first-order chi connectivity index (χ1) is 7.38. The van der Waals surface area contributed by atoms with Gasteiger partial charge >= 0.3 is 0 Å². The zero-order valence-electron chi connectivity index (χ0n) is 8.40. The van der Waals surface area contributed by atoms with Crippen molar-refractivity contribution in [2.45, 2.75) is 6.54 Å². The van der Waals surface area contributed by atoms with Gasteiger partial charge in [-0.25, -0.2) is 4.98 Å². The molecule has 15 heavy (non-hydrogen) atoms. The lowest BCUT2D eigenvalue weighted by molar-refractivity contribution is 0.388. The molecule has 0 radical (unpaired) electrons. The minimum absolute atomic E-state index is 0.618. The standard InChI is InChI=1S/C10H12N4O/c1-11-10-6-8(2-4-12-10)13-7-9-3-5-14-15-9/h2-6H,7H2,1H3,(H2,11,12,13). The van der Waals surface area contributed by atoms with Crippen LogP contribution in [0.2, 0.25) is 0 Å². The van der Waals surface area contributed by atoms with Gasteiger partial charge in [-0.1, -0.05) is 5.16 Å². The number of nitrogens with one attached hydrogen (secondary N) is 2. The largest absolute Gasteiger partial charge is 0.378 e. The second kappa shape index (κ2) is 4.45. The molecule has 0 bridgehead atoms. The van der Waals surface area contributed by atoms with E-state index >= 15 is 0 Å². The summed E-state index contributed by atoms with van der Waals surface area (Å²) in [6.07, 6.45) is 3.37. The molecule has 0 amide bonds. The van der Waals surface area contributed by atoms with Crippen molar-refractivity contribution >= 4 is 11.5 Å². The molecule has 0 atom stereocenters. The smallest absolute Gasteiger partial charge is 0.155 e. The molecule has 0 aliphatic heterocycles. The molecule has 0 saturated carbocycles. The van der Waals surface area contributed by atoms with Crippen molar-refractivity contribution in [3.8, 4) is 0 Å². The second-order valence-electron chi connectivity index (χ2n) is 3.01. The molecule has 5 heteroatoms. The normalized spacial score (nSPS) is 9.93. The first-order valence-corrected chi connectivity index (χ1v) is 4.66. The third-order valence-corrected chi connectivity index (χ3v) is 1.97. The van der Waals surface area contributed by atoms with Gasteiger partial charge in [0.05, 0.1) is 12.7 Å². The van der Waals surface area contributed by atoms with Crippen molar-refractivity contribution in [1.29, 1.82) is 0 Å². The van der Waals surface area contributed by atoms with E-state index in [2.05, 4.69) is 20.8 Å².